The number of carbonyl (C=O) groups is 1. The van der Waals surface area contributed by atoms with Gasteiger partial charge in [-0.05, 0) is 62.6 Å². The van der Waals surface area contributed by atoms with Crippen LogP contribution in [-0.4, -0.2) is 57.9 Å². The standard InChI is InChI=1S/C24H34N4O3S/c1-3-19-11-20-22(32-19)4-7-31-24(20)5-6-28(15(2)12-24)13-16-8-17(9-16)25-23(30)21-10-18(14-29)26-27-21/h10-11,15-17,29H,3-9,12-14H2,1-2H3,(H,25,30)(H,26,27)/t15-,16?,17?,24+/m0/s1. The molecule has 0 bridgehead atoms. The Balaban J connectivity index is 1.12. The number of hydrogen-bond donors (Lipinski definition) is 3. The van der Waals surface area contributed by atoms with Gasteiger partial charge in [0.15, 0.2) is 0 Å². The molecule has 0 radical (unpaired) electrons. The summed E-state index contributed by atoms with van der Waals surface area (Å²) in [6, 6.07) is 4.74. The Morgan fingerprint density at radius 1 is 1.44 bits per heavy atom. The predicted molar refractivity (Wildman–Crippen MR) is 124 cm³/mol. The summed E-state index contributed by atoms with van der Waals surface area (Å²) in [6.07, 6.45) is 6.35. The first-order valence-corrected chi connectivity index (χ1v) is 12.8. The van der Waals surface area contributed by atoms with Crippen LogP contribution >= 0.6 is 11.3 Å². The lowest BCUT2D eigenvalue weighted by molar-refractivity contribution is -0.114. The van der Waals surface area contributed by atoms with Gasteiger partial charge in [0.05, 0.1) is 24.5 Å². The van der Waals surface area contributed by atoms with Crippen molar-refractivity contribution >= 4 is 17.2 Å². The van der Waals surface area contributed by atoms with E-state index in [4.69, 9.17) is 9.84 Å². The topological polar surface area (TPSA) is 90.5 Å². The number of nitrogens with one attached hydrogen (secondary N) is 2. The molecule has 1 saturated carbocycles. The van der Waals surface area contributed by atoms with Gasteiger partial charge in [-0.1, -0.05) is 6.92 Å². The number of aliphatic hydroxyl groups is 1. The zero-order valence-corrected chi connectivity index (χ0v) is 19.8. The molecule has 1 saturated heterocycles. The molecule has 0 unspecified atom stereocenters. The highest BCUT2D eigenvalue weighted by Gasteiger charge is 2.45. The van der Waals surface area contributed by atoms with Crippen LogP contribution in [0.2, 0.25) is 0 Å². The zero-order chi connectivity index (χ0) is 22.3. The van der Waals surface area contributed by atoms with Crippen LogP contribution in [0.1, 0.15) is 71.0 Å². The summed E-state index contributed by atoms with van der Waals surface area (Å²) >= 11 is 1.99. The Morgan fingerprint density at radius 3 is 3.00 bits per heavy atom. The molecule has 2 aromatic rings. The molecule has 32 heavy (non-hydrogen) atoms. The lowest BCUT2D eigenvalue weighted by Gasteiger charge is -2.49. The minimum atomic E-state index is -0.162. The Morgan fingerprint density at radius 2 is 2.28 bits per heavy atom. The van der Waals surface area contributed by atoms with Gasteiger partial charge in [-0.15, -0.1) is 11.3 Å². The lowest BCUT2D eigenvalue weighted by atomic mass is 9.76. The Bertz CT molecular complexity index is 966. The molecule has 1 amide bonds. The van der Waals surface area contributed by atoms with Crippen molar-refractivity contribution in [3.63, 3.8) is 0 Å². The number of likely N-dealkylation sites (tertiary alicyclic amines) is 1. The van der Waals surface area contributed by atoms with Crippen LogP contribution in [-0.2, 0) is 29.8 Å². The molecule has 0 aromatic carbocycles. The van der Waals surface area contributed by atoms with E-state index in [-0.39, 0.29) is 24.2 Å². The van der Waals surface area contributed by atoms with Crippen LogP contribution < -0.4 is 5.32 Å². The van der Waals surface area contributed by atoms with E-state index in [2.05, 4.69) is 40.3 Å². The summed E-state index contributed by atoms with van der Waals surface area (Å²) in [5, 5.41) is 18.8. The van der Waals surface area contributed by atoms with E-state index < -0.39 is 0 Å². The Labute approximate surface area is 193 Å². The van der Waals surface area contributed by atoms with Gasteiger partial charge in [-0.25, -0.2) is 0 Å². The largest absolute Gasteiger partial charge is 0.390 e. The Hall–Kier alpha value is -1.74. The van der Waals surface area contributed by atoms with Crippen molar-refractivity contribution in [1.82, 2.24) is 20.4 Å². The van der Waals surface area contributed by atoms with Gasteiger partial charge in [0.25, 0.3) is 5.91 Å². The van der Waals surface area contributed by atoms with Gasteiger partial charge in [-0.3, -0.25) is 9.89 Å². The van der Waals surface area contributed by atoms with E-state index in [9.17, 15) is 4.79 Å². The number of aromatic nitrogens is 2. The number of hydrogen-bond acceptors (Lipinski definition) is 6. The maximum Gasteiger partial charge on any atom is 0.271 e. The highest BCUT2D eigenvalue weighted by Crippen LogP contribution is 2.46. The van der Waals surface area contributed by atoms with E-state index in [1.54, 1.807) is 10.9 Å². The first-order chi connectivity index (χ1) is 15.5. The molecule has 2 atom stereocenters. The lowest BCUT2D eigenvalue weighted by Crippen LogP contribution is -2.54. The van der Waals surface area contributed by atoms with Crippen molar-refractivity contribution < 1.29 is 14.6 Å². The van der Waals surface area contributed by atoms with Gasteiger partial charge in [0.1, 0.15) is 5.69 Å². The molecule has 1 aliphatic carbocycles. The molecular formula is C24H34N4O3S. The van der Waals surface area contributed by atoms with Crippen LogP contribution in [0.4, 0.5) is 0 Å². The number of piperidine rings is 1. The van der Waals surface area contributed by atoms with Crippen molar-refractivity contribution in [1.29, 1.82) is 0 Å². The summed E-state index contributed by atoms with van der Waals surface area (Å²) in [6.45, 7) is 7.47. The molecular weight excluding hydrogens is 424 g/mol. The molecule has 2 aromatic heterocycles. The number of thiophene rings is 1. The number of fused-ring (bicyclic) bond motifs is 2. The van der Waals surface area contributed by atoms with Crippen molar-refractivity contribution in [2.24, 2.45) is 5.92 Å². The van der Waals surface area contributed by atoms with E-state index in [1.807, 2.05) is 11.3 Å². The SMILES string of the molecule is CCc1cc2c(s1)CCO[C@@]21CCN(CC2CC(NC(=O)c3cc(CO)[nH]n3)C2)[C@@H](C)C1. The first kappa shape index (κ1) is 22.1. The third-order valence-corrected chi connectivity index (χ3v) is 8.89. The highest BCUT2D eigenvalue weighted by atomic mass is 32.1. The Kier molecular flexibility index (Phi) is 6.13. The molecule has 2 aliphatic heterocycles. The molecule has 5 rings (SSSR count). The molecule has 8 heteroatoms. The van der Waals surface area contributed by atoms with Crippen molar-refractivity contribution in [2.75, 3.05) is 19.7 Å². The number of amides is 1. The number of aliphatic hydroxyl groups excluding tert-OH is 1. The number of H-pyrrole nitrogens is 1. The molecule has 7 nitrogen and oxygen atoms in total. The summed E-state index contributed by atoms with van der Waals surface area (Å²) in [4.78, 5) is 18.0. The zero-order valence-electron chi connectivity index (χ0n) is 19.0. The monoisotopic (exact) mass is 458 g/mol. The molecule has 174 valence electrons. The van der Waals surface area contributed by atoms with Crippen LogP contribution in [0, 0.1) is 5.92 Å². The maximum absolute atomic E-state index is 12.3. The van der Waals surface area contributed by atoms with Crippen molar-refractivity contribution in [3.8, 4) is 0 Å². The summed E-state index contributed by atoms with van der Waals surface area (Å²) in [5.74, 6) is 0.463. The molecule has 2 fully saturated rings. The van der Waals surface area contributed by atoms with Gasteiger partial charge in [0, 0.05) is 41.3 Å². The number of nitrogens with zero attached hydrogens (tertiary/aromatic N) is 2. The number of ether oxygens (including phenoxy) is 1. The fourth-order valence-electron chi connectivity index (χ4n) is 5.70. The fourth-order valence-corrected chi connectivity index (χ4v) is 6.88. The highest BCUT2D eigenvalue weighted by molar-refractivity contribution is 7.12. The van der Waals surface area contributed by atoms with Crippen molar-refractivity contribution in [3.05, 3.63) is 38.8 Å². The molecule has 1 spiro atoms. The minimum Gasteiger partial charge on any atom is -0.390 e. The van der Waals surface area contributed by atoms with E-state index >= 15 is 0 Å². The van der Waals surface area contributed by atoms with Crippen LogP contribution in [0.5, 0.6) is 0 Å². The van der Waals surface area contributed by atoms with Crippen LogP contribution in [0.15, 0.2) is 12.1 Å². The number of aryl methyl sites for hydroxylation is 1. The first-order valence-electron chi connectivity index (χ1n) is 12.0. The third kappa shape index (κ3) is 4.14. The second-order valence-electron chi connectivity index (χ2n) is 9.74. The van der Waals surface area contributed by atoms with E-state index in [0.717, 1.165) is 58.2 Å². The van der Waals surface area contributed by atoms with Crippen LogP contribution in [0.3, 0.4) is 0 Å². The summed E-state index contributed by atoms with van der Waals surface area (Å²) in [5.41, 5.74) is 2.30. The number of rotatable bonds is 6. The van der Waals surface area contributed by atoms with Gasteiger partial charge in [0.2, 0.25) is 0 Å². The molecule has 3 N–H and O–H groups in total. The quantitative estimate of drug-likeness (QED) is 0.619. The maximum atomic E-state index is 12.3. The average Bonchev–Trinajstić information content (AvgIpc) is 3.41. The summed E-state index contributed by atoms with van der Waals surface area (Å²) < 4.78 is 6.48. The normalized spacial score (nSPS) is 30.2. The van der Waals surface area contributed by atoms with Crippen molar-refractivity contribution in [2.45, 2.75) is 76.7 Å². The number of aromatic amines is 1. The van der Waals surface area contributed by atoms with E-state index in [1.165, 1.54) is 10.4 Å². The second-order valence-corrected chi connectivity index (χ2v) is 11.0. The fraction of sp³-hybridized carbons (Fsp3) is 0.667. The molecule has 4 heterocycles. The predicted octanol–water partition coefficient (Wildman–Crippen LogP) is 2.99. The van der Waals surface area contributed by atoms with Gasteiger partial charge < -0.3 is 20.1 Å². The smallest absolute Gasteiger partial charge is 0.271 e. The second kappa shape index (κ2) is 8.89. The van der Waals surface area contributed by atoms with Gasteiger partial charge >= 0.3 is 0 Å². The minimum absolute atomic E-state index is 0.0828. The number of carbonyl (C=O) groups excluding carboxylic acids is 1. The third-order valence-electron chi connectivity index (χ3n) is 7.56. The van der Waals surface area contributed by atoms with Crippen LogP contribution in [0.25, 0.3) is 0 Å². The van der Waals surface area contributed by atoms with E-state index in [0.29, 0.717) is 23.3 Å². The summed E-state index contributed by atoms with van der Waals surface area (Å²) in [7, 11) is 0. The molecule has 3 aliphatic rings. The van der Waals surface area contributed by atoms with Gasteiger partial charge in [-0.2, -0.15) is 5.10 Å². The average molecular weight is 459 g/mol.